The lowest BCUT2D eigenvalue weighted by Crippen LogP contribution is -2.27. The molecule has 102 valence electrons. The fourth-order valence-corrected chi connectivity index (χ4v) is 3.60. The molecule has 0 spiro atoms. The molecule has 1 atom stereocenters. The zero-order valence-electron chi connectivity index (χ0n) is 10.8. The van der Waals surface area contributed by atoms with E-state index in [0.29, 0.717) is 12.5 Å². The van der Waals surface area contributed by atoms with Crippen LogP contribution in [0.15, 0.2) is 23.1 Å². The standard InChI is InChI=1S/C13H15ClN2O2S/c1-13(2)6-10(13)8-16-19(17,18)12-5-9(7-15)3-4-11(12)14/h3-5,10,16H,6,8H2,1-2H3. The molecule has 4 nitrogen and oxygen atoms in total. The van der Waals surface area contributed by atoms with Gasteiger partial charge in [0, 0.05) is 6.54 Å². The van der Waals surface area contributed by atoms with Crippen LogP contribution in [-0.4, -0.2) is 15.0 Å². The molecule has 1 aliphatic carbocycles. The third-order valence-electron chi connectivity index (χ3n) is 3.59. The van der Waals surface area contributed by atoms with Crippen LogP contribution in [0.25, 0.3) is 0 Å². The second kappa shape index (κ2) is 4.78. The summed E-state index contributed by atoms with van der Waals surface area (Å²) in [5, 5.41) is 8.93. The molecule has 1 saturated carbocycles. The van der Waals surface area contributed by atoms with Gasteiger partial charge in [-0.3, -0.25) is 0 Å². The average molecular weight is 299 g/mol. The predicted octanol–water partition coefficient (Wildman–Crippen LogP) is 2.54. The fourth-order valence-electron chi connectivity index (χ4n) is 1.99. The first-order chi connectivity index (χ1) is 8.76. The van der Waals surface area contributed by atoms with Gasteiger partial charge in [0.05, 0.1) is 16.7 Å². The number of hydrogen-bond acceptors (Lipinski definition) is 3. The maximum Gasteiger partial charge on any atom is 0.242 e. The Morgan fingerprint density at radius 1 is 1.53 bits per heavy atom. The van der Waals surface area contributed by atoms with E-state index in [9.17, 15) is 8.42 Å². The molecule has 2 rings (SSSR count). The van der Waals surface area contributed by atoms with Crippen LogP contribution in [0.4, 0.5) is 0 Å². The van der Waals surface area contributed by atoms with Gasteiger partial charge in [0.1, 0.15) is 4.90 Å². The molecule has 0 bridgehead atoms. The molecule has 1 fully saturated rings. The largest absolute Gasteiger partial charge is 0.242 e. The summed E-state index contributed by atoms with van der Waals surface area (Å²) in [7, 11) is -3.66. The van der Waals surface area contributed by atoms with Gasteiger partial charge < -0.3 is 0 Å². The molecule has 1 unspecified atom stereocenters. The Labute approximate surface area is 118 Å². The SMILES string of the molecule is CC1(C)CC1CNS(=O)(=O)c1cc(C#N)ccc1Cl. The summed E-state index contributed by atoms with van der Waals surface area (Å²) < 4.78 is 26.9. The van der Waals surface area contributed by atoms with Gasteiger partial charge in [0.2, 0.25) is 10.0 Å². The molecule has 1 aromatic carbocycles. The molecule has 6 heteroatoms. The Balaban J connectivity index is 2.18. The summed E-state index contributed by atoms with van der Waals surface area (Å²) in [6.45, 7) is 4.62. The highest BCUT2D eigenvalue weighted by molar-refractivity contribution is 7.89. The molecular formula is C13H15ClN2O2S. The van der Waals surface area contributed by atoms with Crippen molar-refractivity contribution < 1.29 is 8.42 Å². The molecule has 1 aliphatic rings. The summed E-state index contributed by atoms with van der Waals surface area (Å²) >= 11 is 5.90. The lowest BCUT2D eigenvalue weighted by Gasteiger charge is -2.09. The van der Waals surface area contributed by atoms with Crippen LogP contribution in [0.3, 0.4) is 0 Å². The number of rotatable bonds is 4. The number of nitriles is 1. The minimum absolute atomic E-state index is 0.0355. The molecule has 1 aromatic rings. The maximum absolute atomic E-state index is 12.2. The molecule has 1 N–H and O–H groups in total. The van der Waals surface area contributed by atoms with Crippen LogP contribution in [0.1, 0.15) is 25.8 Å². The van der Waals surface area contributed by atoms with Crippen LogP contribution >= 0.6 is 11.6 Å². The molecule has 0 aliphatic heterocycles. The first-order valence-corrected chi connectivity index (χ1v) is 7.82. The van der Waals surface area contributed by atoms with Crippen molar-refractivity contribution in [3.05, 3.63) is 28.8 Å². The van der Waals surface area contributed by atoms with E-state index in [0.717, 1.165) is 6.42 Å². The third-order valence-corrected chi connectivity index (χ3v) is 5.49. The van der Waals surface area contributed by atoms with Gasteiger partial charge in [-0.1, -0.05) is 25.4 Å². The minimum atomic E-state index is -3.66. The predicted molar refractivity (Wildman–Crippen MR) is 73.2 cm³/mol. The number of nitrogens with one attached hydrogen (secondary N) is 1. The lowest BCUT2D eigenvalue weighted by atomic mass is 10.1. The smallest absolute Gasteiger partial charge is 0.211 e. The van der Waals surface area contributed by atoms with E-state index in [-0.39, 0.29) is 20.9 Å². The third kappa shape index (κ3) is 3.08. The quantitative estimate of drug-likeness (QED) is 0.928. The van der Waals surface area contributed by atoms with Gasteiger partial charge in [0.15, 0.2) is 0 Å². The van der Waals surface area contributed by atoms with Crippen LogP contribution in [0, 0.1) is 22.7 Å². The van der Waals surface area contributed by atoms with E-state index in [4.69, 9.17) is 16.9 Å². The highest BCUT2D eigenvalue weighted by atomic mass is 35.5. The Morgan fingerprint density at radius 3 is 2.68 bits per heavy atom. The van der Waals surface area contributed by atoms with E-state index in [1.165, 1.54) is 18.2 Å². The van der Waals surface area contributed by atoms with Crippen LogP contribution in [0.5, 0.6) is 0 Å². The molecule has 0 aromatic heterocycles. The van der Waals surface area contributed by atoms with Gasteiger partial charge in [-0.2, -0.15) is 5.26 Å². The summed E-state index contributed by atoms with van der Waals surface area (Å²) in [6.07, 6.45) is 1.02. The van der Waals surface area contributed by atoms with Crippen molar-refractivity contribution in [2.24, 2.45) is 11.3 Å². The average Bonchev–Trinajstić information content (AvgIpc) is 2.95. The molecular weight excluding hydrogens is 284 g/mol. The van der Waals surface area contributed by atoms with Gasteiger partial charge >= 0.3 is 0 Å². The van der Waals surface area contributed by atoms with Crippen LogP contribution in [-0.2, 0) is 10.0 Å². The molecule has 0 heterocycles. The number of nitrogens with zero attached hydrogens (tertiary/aromatic N) is 1. The van der Waals surface area contributed by atoms with Crippen molar-refractivity contribution in [1.29, 1.82) is 5.26 Å². The maximum atomic E-state index is 12.2. The zero-order valence-corrected chi connectivity index (χ0v) is 12.3. The van der Waals surface area contributed by atoms with E-state index in [2.05, 4.69) is 18.6 Å². The van der Waals surface area contributed by atoms with Crippen molar-refractivity contribution in [2.75, 3.05) is 6.54 Å². The van der Waals surface area contributed by atoms with Gasteiger partial charge in [-0.05, 0) is 36.0 Å². The number of sulfonamides is 1. The summed E-state index contributed by atoms with van der Waals surface area (Å²) in [6, 6.07) is 6.12. The Kier molecular flexibility index (Phi) is 3.61. The topological polar surface area (TPSA) is 70.0 Å². The number of benzene rings is 1. The Morgan fingerprint density at radius 2 is 2.16 bits per heavy atom. The molecule has 19 heavy (non-hydrogen) atoms. The van der Waals surface area contributed by atoms with Crippen molar-refractivity contribution in [2.45, 2.75) is 25.2 Å². The van der Waals surface area contributed by atoms with Crippen molar-refractivity contribution >= 4 is 21.6 Å². The van der Waals surface area contributed by atoms with Gasteiger partial charge in [0.25, 0.3) is 0 Å². The van der Waals surface area contributed by atoms with Crippen LogP contribution < -0.4 is 4.72 Å². The van der Waals surface area contributed by atoms with Crippen molar-refractivity contribution in [3.8, 4) is 6.07 Å². The molecule has 0 saturated heterocycles. The van der Waals surface area contributed by atoms with E-state index in [1.54, 1.807) is 0 Å². The second-order valence-corrected chi connectivity index (χ2v) is 7.64. The first-order valence-electron chi connectivity index (χ1n) is 5.95. The highest BCUT2D eigenvalue weighted by Crippen LogP contribution is 2.51. The Bertz CT molecular complexity index is 647. The molecule has 0 radical (unpaired) electrons. The minimum Gasteiger partial charge on any atom is -0.211 e. The summed E-state index contributed by atoms with van der Waals surface area (Å²) in [4.78, 5) is -0.0355. The monoisotopic (exact) mass is 298 g/mol. The molecule has 0 amide bonds. The normalized spacial score (nSPS) is 20.8. The van der Waals surface area contributed by atoms with E-state index in [1.807, 2.05) is 6.07 Å². The number of hydrogen-bond donors (Lipinski definition) is 1. The fraction of sp³-hybridized carbons (Fsp3) is 0.462. The van der Waals surface area contributed by atoms with Crippen LogP contribution in [0.2, 0.25) is 5.02 Å². The second-order valence-electron chi connectivity index (χ2n) is 5.50. The lowest BCUT2D eigenvalue weighted by molar-refractivity contribution is 0.537. The first kappa shape index (κ1) is 14.3. The summed E-state index contributed by atoms with van der Waals surface area (Å²) in [5.41, 5.74) is 0.484. The van der Waals surface area contributed by atoms with Crippen molar-refractivity contribution in [1.82, 2.24) is 4.72 Å². The van der Waals surface area contributed by atoms with Crippen molar-refractivity contribution in [3.63, 3.8) is 0 Å². The van der Waals surface area contributed by atoms with Gasteiger partial charge in [-0.25, -0.2) is 13.1 Å². The number of halogens is 1. The Hall–Kier alpha value is -1.09. The highest BCUT2D eigenvalue weighted by Gasteiger charge is 2.45. The zero-order chi connectivity index (χ0) is 14.3. The van der Waals surface area contributed by atoms with E-state index < -0.39 is 10.0 Å². The van der Waals surface area contributed by atoms with Gasteiger partial charge in [-0.15, -0.1) is 0 Å². The van der Waals surface area contributed by atoms with E-state index >= 15 is 0 Å². The summed E-state index contributed by atoms with van der Waals surface area (Å²) in [5.74, 6) is 0.361.